The number of nitrogens with zero attached hydrogens (tertiary/aromatic N) is 4. The number of carbonyl (C=O) groups is 1. The minimum atomic E-state index is -0.268. The molecule has 0 atom stereocenters. The van der Waals surface area contributed by atoms with E-state index < -0.39 is 0 Å². The highest BCUT2D eigenvalue weighted by molar-refractivity contribution is 5.79. The van der Waals surface area contributed by atoms with E-state index in [4.69, 9.17) is 4.42 Å². The third-order valence-electron chi connectivity index (χ3n) is 4.36. The third-order valence-corrected chi connectivity index (χ3v) is 4.36. The summed E-state index contributed by atoms with van der Waals surface area (Å²) in [5.74, 6) is 0.576. The van der Waals surface area contributed by atoms with Gasteiger partial charge in [0.05, 0.1) is 18.3 Å². The fourth-order valence-corrected chi connectivity index (χ4v) is 3.39. The number of hydrogen-bond acceptors (Lipinski definition) is 4. The second-order valence-electron chi connectivity index (χ2n) is 6.87. The summed E-state index contributed by atoms with van der Waals surface area (Å²) in [7, 11) is 0. The molecule has 138 valence electrons. The zero-order valence-electron chi connectivity index (χ0n) is 15.5. The van der Waals surface area contributed by atoms with E-state index in [1.807, 2.05) is 39.8 Å². The molecule has 0 bridgehead atoms. The number of pyridine rings is 1. The van der Waals surface area contributed by atoms with Crippen LogP contribution in [0.25, 0.3) is 11.2 Å². The van der Waals surface area contributed by atoms with Gasteiger partial charge in [0.25, 0.3) is 0 Å². The zero-order chi connectivity index (χ0) is 18.8. The average Bonchev–Trinajstić information content (AvgIpc) is 3.17. The molecule has 3 aromatic rings. The summed E-state index contributed by atoms with van der Waals surface area (Å²) in [5, 5.41) is 0. The molecular formula is C19H24N4O3. The van der Waals surface area contributed by atoms with Gasteiger partial charge in [-0.25, -0.2) is 9.78 Å². The predicted octanol–water partition coefficient (Wildman–Crippen LogP) is 2.48. The fraction of sp³-hybridized carbons (Fsp3) is 0.421. The molecular weight excluding hydrogens is 332 g/mol. The maximum atomic E-state index is 13.0. The van der Waals surface area contributed by atoms with Gasteiger partial charge in [0, 0.05) is 18.3 Å². The molecule has 1 amide bonds. The molecule has 0 N–H and O–H groups in total. The molecule has 0 unspecified atom stereocenters. The molecule has 0 fully saturated rings. The van der Waals surface area contributed by atoms with E-state index in [-0.39, 0.29) is 36.8 Å². The summed E-state index contributed by atoms with van der Waals surface area (Å²) in [4.78, 5) is 32.0. The van der Waals surface area contributed by atoms with Gasteiger partial charge in [-0.2, -0.15) is 0 Å². The summed E-state index contributed by atoms with van der Waals surface area (Å²) in [6.45, 7) is 8.16. The first-order chi connectivity index (χ1) is 12.4. The van der Waals surface area contributed by atoms with Gasteiger partial charge < -0.3 is 9.32 Å². The number of hydrogen-bond donors (Lipinski definition) is 0. The quantitative estimate of drug-likeness (QED) is 0.680. The number of rotatable bonds is 6. The molecule has 0 aromatic carbocycles. The Morgan fingerprint density at radius 3 is 2.50 bits per heavy atom. The summed E-state index contributed by atoms with van der Waals surface area (Å²) in [6, 6.07) is 7.29. The first-order valence-electron chi connectivity index (χ1n) is 8.77. The van der Waals surface area contributed by atoms with Gasteiger partial charge in [0.15, 0.2) is 5.65 Å². The zero-order valence-corrected chi connectivity index (χ0v) is 15.5. The first-order valence-corrected chi connectivity index (χ1v) is 8.77. The van der Waals surface area contributed by atoms with Crippen LogP contribution in [-0.4, -0.2) is 37.0 Å². The van der Waals surface area contributed by atoms with Crippen molar-refractivity contribution in [2.45, 2.75) is 52.9 Å². The van der Waals surface area contributed by atoms with Crippen molar-refractivity contribution in [3.05, 3.63) is 53.0 Å². The van der Waals surface area contributed by atoms with E-state index >= 15 is 0 Å². The Hall–Kier alpha value is -2.83. The number of carbonyl (C=O) groups excluding carboxylic acids is 1. The predicted molar refractivity (Wildman–Crippen MR) is 98.9 cm³/mol. The molecule has 0 saturated heterocycles. The van der Waals surface area contributed by atoms with Crippen LogP contribution in [0.5, 0.6) is 0 Å². The Labute approximate surface area is 151 Å². The summed E-state index contributed by atoms with van der Waals surface area (Å²) < 4.78 is 8.39. The molecule has 3 rings (SSSR count). The van der Waals surface area contributed by atoms with Crippen molar-refractivity contribution >= 4 is 17.1 Å². The Kier molecular flexibility index (Phi) is 4.97. The summed E-state index contributed by atoms with van der Waals surface area (Å²) >= 11 is 0. The van der Waals surface area contributed by atoms with Gasteiger partial charge in [0.2, 0.25) is 5.91 Å². The van der Waals surface area contributed by atoms with Crippen LogP contribution in [0.4, 0.5) is 0 Å². The van der Waals surface area contributed by atoms with Crippen LogP contribution in [0.1, 0.15) is 33.5 Å². The highest BCUT2D eigenvalue weighted by Crippen LogP contribution is 2.14. The molecule has 0 aliphatic heterocycles. The van der Waals surface area contributed by atoms with Crippen LogP contribution in [0.15, 0.2) is 45.9 Å². The van der Waals surface area contributed by atoms with E-state index in [1.165, 1.54) is 9.13 Å². The molecule has 7 heteroatoms. The number of fused-ring (bicyclic) bond motifs is 1. The van der Waals surface area contributed by atoms with E-state index in [2.05, 4.69) is 4.98 Å². The van der Waals surface area contributed by atoms with Crippen molar-refractivity contribution in [2.24, 2.45) is 0 Å². The lowest BCUT2D eigenvalue weighted by Gasteiger charge is -2.30. The Morgan fingerprint density at radius 2 is 1.88 bits per heavy atom. The van der Waals surface area contributed by atoms with Crippen molar-refractivity contribution in [3.8, 4) is 0 Å². The van der Waals surface area contributed by atoms with Gasteiger partial charge in [-0.05, 0) is 52.0 Å². The van der Waals surface area contributed by atoms with Crippen LogP contribution in [0.3, 0.4) is 0 Å². The SMILES string of the molecule is CC(C)N(C(=O)Cn1c(=O)n(Cc2ccco2)c2ncccc21)C(C)C. The minimum Gasteiger partial charge on any atom is -0.467 e. The monoisotopic (exact) mass is 356 g/mol. The van der Waals surface area contributed by atoms with Crippen molar-refractivity contribution in [1.29, 1.82) is 0 Å². The van der Waals surface area contributed by atoms with Gasteiger partial charge in [-0.1, -0.05) is 0 Å². The highest BCUT2D eigenvalue weighted by atomic mass is 16.3. The van der Waals surface area contributed by atoms with E-state index in [0.29, 0.717) is 16.9 Å². The van der Waals surface area contributed by atoms with Crippen LogP contribution in [-0.2, 0) is 17.9 Å². The first kappa shape index (κ1) is 18.0. The van der Waals surface area contributed by atoms with Crippen molar-refractivity contribution in [3.63, 3.8) is 0 Å². The lowest BCUT2D eigenvalue weighted by Crippen LogP contribution is -2.44. The molecule has 7 nitrogen and oxygen atoms in total. The number of amides is 1. The second kappa shape index (κ2) is 7.19. The summed E-state index contributed by atoms with van der Waals surface area (Å²) in [5.41, 5.74) is 0.920. The maximum absolute atomic E-state index is 13.0. The van der Waals surface area contributed by atoms with Crippen LogP contribution in [0.2, 0.25) is 0 Å². The fourth-order valence-electron chi connectivity index (χ4n) is 3.39. The van der Waals surface area contributed by atoms with Crippen LogP contribution < -0.4 is 5.69 Å². The molecule has 0 spiro atoms. The van der Waals surface area contributed by atoms with Crippen molar-refractivity contribution < 1.29 is 9.21 Å². The molecule has 3 aromatic heterocycles. The average molecular weight is 356 g/mol. The summed E-state index contributed by atoms with van der Waals surface area (Å²) in [6.07, 6.45) is 3.21. The maximum Gasteiger partial charge on any atom is 0.331 e. The van der Waals surface area contributed by atoms with Gasteiger partial charge in [0.1, 0.15) is 12.3 Å². The molecule has 0 radical (unpaired) electrons. The number of aromatic nitrogens is 3. The highest BCUT2D eigenvalue weighted by Gasteiger charge is 2.23. The number of furan rings is 1. The van der Waals surface area contributed by atoms with Crippen molar-refractivity contribution in [2.75, 3.05) is 0 Å². The third kappa shape index (κ3) is 3.29. The normalized spacial score (nSPS) is 11.6. The lowest BCUT2D eigenvalue weighted by atomic mass is 10.2. The topological polar surface area (TPSA) is 73.3 Å². The Bertz CT molecular complexity index is 943. The lowest BCUT2D eigenvalue weighted by molar-refractivity contribution is -0.135. The molecule has 0 saturated carbocycles. The van der Waals surface area contributed by atoms with Crippen molar-refractivity contribution in [1.82, 2.24) is 19.0 Å². The van der Waals surface area contributed by atoms with Crippen LogP contribution in [0, 0.1) is 0 Å². The van der Waals surface area contributed by atoms with E-state index in [1.54, 1.807) is 29.5 Å². The minimum absolute atomic E-state index is 0.0114. The van der Waals surface area contributed by atoms with Gasteiger partial charge >= 0.3 is 5.69 Å². The van der Waals surface area contributed by atoms with E-state index in [9.17, 15) is 9.59 Å². The standard InChI is InChI=1S/C19H24N4O3/c1-13(2)23(14(3)4)17(24)12-21-16-8-5-9-20-18(16)22(19(21)25)11-15-7-6-10-26-15/h5-10,13-14H,11-12H2,1-4H3. The van der Waals surface area contributed by atoms with Crippen LogP contribution >= 0.6 is 0 Å². The largest absolute Gasteiger partial charge is 0.467 e. The van der Waals surface area contributed by atoms with Gasteiger partial charge in [-0.15, -0.1) is 0 Å². The Balaban J connectivity index is 2.02. The molecule has 0 aliphatic carbocycles. The Morgan fingerprint density at radius 1 is 1.15 bits per heavy atom. The van der Waals surface area contributed by atoms with E-state index in [0.717, 1.165) is 0 Å². The van der Waals surface area contributed by atoms with Gasteiger partial charge in [-0.3, -0.25) is 13.9 Å². The second-order valence-corrected chi connectivity index (χ2v) is 6.87. The number of imidazole rings is 1. The molecule has 26 heavy (non-hydrogen) atoms. The smallest absolute Gasteiger partial charge is 0.331 e. The molecule has 0 aliphatic rings. The molecule has 3 heterocycles.